The highest BCUT2D eigenvalue weighted by molar-refractivity contribution is 9.10. The number of esters is 1. The van der Waals surface area contributed by atoms with Crippen LogP contribution in [0.15, 0.2) is 53.0 Å². The summed E-state index contributed by atoms with van der Waals surface area (Å²) in [6, 6.07) is 13.3. The molecular formula is C27H23BrClFN2O5. The number of fused-ring (bicyclic) bond motifs is 1. The van der Waals surface area contributed by atoms with Gasteiger partial charge in [0, 0.05) is 34.3 Å². The third-order valence-electron chi connectivity index (χ3n) is 6.40. The van der Waals surface area contributed by atoms with E-state index in [4.69, 9.17) is 25.8 Å². The summed E-state index contributed by atoms with van der Waals surface area (Å²) in [5.41, 5.74) is 2.65. The molecule has 1 amide bonds. The van der Waals surface area contributed by atoms with Crippen LogP contribution < -0.4 is 9.64 Å². The van der Waals surface area contributed by atoms with Gasteiger partial charge in [-0.25, -0.2) is 9.18 Å². The number of hydrogen-bond acceptors (Lipinski definition) is 6. The summed E-state index contributed by atoms with van der Waals surface area (Å²) < 4.78 is 32.6. The van der Waals surface area contributed by atoms with Gasteiger partial charge in [0.15, 0.2) is 6.73 Å². The van der Waals surface area contributed by atoms with Crippen molar-refractivity contribution in [1.82, 2.24) is 4.90 Å². The molecule has 0 radical (unpaired) electrons. The molecule has 0 N–H and O–H groups in total. The second-order valence-electron chi connectivity index (χ2n) is 8.63. The molecule has 0 unspecified atom stereocenters. The lowest BCUT2D eigenvalue weighted by Gasteiger charge is -2.32. The maximum atomic E-state index is 15.5. The van der Waals surface area contributed by atoms with E-state index in [1.54, 1.807) is 36.4 Å². The first-order valence-corrected chi connectivity index (χ1v) is 12.8. The zero-order chi connectivity index (χ0) is 26.1. The average Bonchev–Trinajstić information content (AvgIpc) is 2.92. The predicted molar refractivity (Wildman–Crippen MR) is 141 cm³/mol. The van der Waals surface area contributed by atoms with E-state index >= 15 is 4.39 Å². The van der Waals surface area contributed by atoms with E-state index in [2.05, 4.69) is 15.9 Å². The second kappa shape index (κ2) is 10.7. The van der Waals surface area contributed by atoms with Crippen LogP contribution in [0.5, 0.6) is 5.75 Å². The van der Waals surface area contributed by atoms with Gasteiger partial charge in [-0.3, -0.25) is 4.79 Å². The van der Waals surface area contributed by atoms with Crippen molar-refractivity contribution in [3.05, 3.63) is 80.5 Å². The molecule has 3 aromatic rings. The zero-order valence-corrected chi connectivity index (χ0v) is 22.3. The molecule has 192 valence electrons. The molecule has 1 saturated heterocycles. The fourth-order valence-electron chi connectivity index (χ4n) is 4.56. The fourth-order valence-corrected chi connectivity index (χ4v) is 5.31. The van der Waals surface area contributed by atoms with Crippen molar-refractivity contribution >= 4 is 45.1 Å². The molecule has 2 aliphatic heterocycles. The van der Waals surface area contributed by atoms with E-state index < -0.39 is 11.8 Å². The van der Waals surface area contributed by atoms with Crippen molar-refractivity contribution in [3.8, 4) is 16.9 Å². The second-order valence-corrected chi connectivity index (χ2v) is 9.96. The third-order valence-corrected chi connectivity index (χ3v) is 7.21. The minimum Gasteiger partial charge on any atom is -0.472 e. The number of carbonyl (C=O) groups is 2. The number of morpholine rings is 1. The Hall–Kier alpha value is -3.14. The molecule has 2 heterocycles. The summed E-state index contributed by atoms with van der Waals surface area (Å²) in [6.45, 7) is 2.38. The van der Waals surface area contributed by atoms with Gasteiger partial charge in [0.25, 0.3) is 5.91 Å². The number of para-hydroxylation sites is 1. The predicted octanol–water partition coefficient (Wildman–Crippen LogP) is 5.52. The van der Waals surface area contributed by atoms with Crippen molar-refractivity contribution in [2.45, 2.75) is 6.54 Å². The maximum absolute atomic E-state index is 15.5. The Morgan fingerprint density at radius 1 is 1.05 bits per heavy atom. The van der Waals surface area contributed by atoms with Crippen LogP contribution in [0.2, 0.25) is 5.02 Å². The molecule has 5 rings (SSSR count). The first kappa shape index (κ1) is 25.5. The van der Waals surface area contributed by atoms with Gasteiger partial charge in [-0.05, 0) is 30.3 Å². The van der Waals surface area contributed by atoms with Gasteiger partial charge in [0.2, 0.25) is 0 Å². The summed E-state index contributed by atoms with van der Waals surface area (Å²) in [7, 11) is 1.27. The number of nitrogens with zero attached hydrogens (tertiary/aromatic N) is 2. The molecule has 0 bridgehead atoms. The number of hydrogen-bond donors (Lipinski definition) is 0. The monoisotopic (exact) mass is 588 g/mol. The van der Waals surface area contributed by atoms with Crippen LogP contribution in [-0.2, 0) is 16.0 Å². The average molecular weight is 590 g/mol. The van der Waals surface area contributed by atoms with Crippen molar-refractivity contribution in [2.75, 3.05) is 45.0 Å². The van der Waals surface area contributed by atoms with Crippen LogP contribution in [0.1, 0.15) is 26.3 Å². The molecule has 37 heavy (non-hydrogen) atoms. The van der Waals surface area contributed by atoms with Gasteiger partial charge in [0.05, 0.1) is 48.7 Å². The van der Waals surface area contributed by atoms with Crippen molar-refractivity contribution in [1.29, 1.82) is 0 Å². The lowest BCUT2D eigenvalue weighted by Crippen LogP contribution is -2.37. The van der Waals surface area contributed by atoms with Crippen LogP contribution in [-0.4, -0.2) is 56.9 Å². The summed E-state index contributed by atoms with van der Waals surface area (Å²) in [5.74, 6) is -0.962. The lowest BCUT2D eigenvalue weighted by atomic mass is 9.97. The molecule has 0 aromatic heterocycles. The normalized spacial score (nSPS) is 15.1. The largest absolute Gasteiger partial charge is 0.472 e. The lowest BCUT2D eigenvalue weighted by molar-refractivity contribution is 0.0515. The Morgan fingerprint density at radius 3 is 2.57 bits per heavy atom. The molecule has 3 aromatic carbocycles. The number of ether oxygens (including phenoxy) is 3. The van der Waals surface area contributed by atoms with Crippen LogP contribution >= 0.6 is 27.5 Å². The van der Waals surface area contributed by atoms with E-state index in [0.29, 0.717) is 59.5 Å². The Balaban J connectivity index is 1.50. The number of anilines is 1. The molecule has 10 heteroatoms. The number of carbonyl (C=O) groups excluding carboxylic acids is 2. The molecule has 7 nitrogen and oxygen atoms in total. The standard InChI is InChI=1S/C27H23BrClFN2O5/c1-35-27(34)21-12-23(30)20(13-24(21)31-7-9-36-10-8-31)18-4-2-3-16-14-32(15-37-25(16)18)26(33)19-6-5-17(28)11-22(19)29/h2-6,11-13H,7-10,14-15H2,1H3. The summed E-state index contributed by atoms with van der Waals surface area (Å²) in [5, 5.41) is 0.335. The molecule has 0 aliphatic carbocycles. The summed E-state index contributed by atoms with van der Waals surface area (Å²) in [6.07, 6.45) is 0. The van der Waals surface area contributed by atoms with E-state index in [-0.39, 0.29) is 24.7 Å². The first-order valence-electron chi connectivity index (χ1n) is 11.6. The van der Waals surface area contributed by atoms with E-state index in [1.165, 1.54) is 18.1 Å². The minimum absolute atomic E-state index is 0.0204. The van der Waals surface area contributed by atoms with Gasteiger partial charge in [-0.1, -0.05) is 45.7 Å². The highest BCUT2D eigenvalue weighted by Gasteiger charge is 2.28. The van der Waals surface area contributed by atoms with Crippen LogP contribution in [0.25, 0.3) is 11.1 Å². The molecule has 1 fully saturated rings. The van der Waals surface area contributed by atoms with Crippen LogP contribution in [0.3, 0.4) is 0 Å². The first-order chi connectivity index (χ1) is 17.9. The van der Waals surface area contributed by atoms with Gasteiger partial charge in [0.1, 0.15) is 11.6 Å². The Kier molecular flexibility index (Phi) is 7.37. The summed E-state index contributed by atoms with van der Waals surface area (Å²) in [4.78, 5) is 29.1. The quantitative estimate of drug-likeness (QED) is 0.373. The van der Waals surface area contributed by atoms with E-state index in [0.717, 1.165) is 10.0 Å². The number of rotatable bonds is 4. The zero-order valence-electron chi connectivity index (χ0n) is 19.9. The minimum atomic E-state index is -0.612. The number of methoxy groups -OCH3 is 1. The SMILES string of the molecule is COC(=O)c1cc(F)c(-c2cccc3c2OCN(C(=O)c2ccc(Br)cc2Cl)C3)cc1N1CCOCC1. The maximum Gasteiger partial charge on any atom is 0.340 e. The van der Waals surface area contributed by atoms with Gasteiger partial charge in [-0.2, -0.15) is 0 Å². The van der Waals surface area contributed by atoms with E-state index in [1.807, 2.05) is 11.0 Å². The molecule has 0 atom stereocenters. The Labute approximate surface area is 226 Å². The van der Waals surface area contributed by atoms with Crippen molar-refractivity contribution in [3.63, 3.8) is 0 Å². The Morgan fingerprint density at radius 2 is 1.84 bits per heavy atom. The molecule has 0 spiro atoms. The Bertz CT molecular complexity index is 1380. The van der Waals surface area contributed by atoms with Gasteiger partial charge >= 0.3 is 5.97 Å². The number of halogens is 3. The van der Waals surface area contributed by atoms with Crippen molar-refractivity contribution < 1.29 is 28.2 Å². The van der Waals surface area contributed by atoms with Crippen LogP contribution in [0, 0.1) is 5.82 Å². The van der Waals surface area contributed by atoms with Gasteiger partial charge < -0.3 is 24.0 Å². The smallest absolute Gasteiger partial charge is 0.340 e. The number of benzene rings is 3. The highest BCUT2D eigenvalue weighted by atomic mass is 79.9. The summed E-state index contributed by atoms with van der Waals surface area (Å²) >= 11 is 9.63. The highest BCUT2D eigenvalue weighted by Crippen LogP contribution is 2.40. The molecular weight excluding hydrogens is 567 g/mol. The molecule has 2 aliphatic rings. The molecule has 0 saturated carbocycles. The third kappa shape index (κ3) is 5.03. The van der Waals surface area contributed by atoms with E-state index in [9.17, 15) is 9.59 Å². The van der Waals surface area contributed by atoms with Crippen LogP contribution in [0.4, 0.5) is 10.1 Å². The topological polar surface area (TPSA) is 68.3 Å². The fraction of sp³-hybridized carbons (Fsp3) is 0.259. The van der Waals surface area contributed by atoms with Gasteiger partial charge in [-0.15, -0.1) is 0 Å². The van der Waals surface area contributed by atoms with Crippen molar-refractivity contribution in [2.24, 2.45) is 0 Å². The number of amides is 1.